The van der Waals surface area contributed by atoms with Crippen molar-refractivity contribution in [3.8, 4) is 11.5 Å². The van der Waals surface area contributed by atoms with Crippen molar-refractivity contribution in [2.45, 2.75) is 18.8 Å². The predicted octanol–water partition coefficient (Wildman–Crippen LogP) is 3.69. The maximum absolute atomic E-state index is 12.2. The molecule has 0 saturated heterocycles. The van der Waals surface area contributed by atoms with Crippen molar-refractivity contribution in [2.24, 2.45) is 0 Å². The third-order valence-electron chi connectivity index (χ3n) is 3.34. The van der Waals surface area contributed by atoms with Gasteiger partial charge in [-0.1, -0.05) is 42.5 Å². The van der Waals surface area contributed by atoms with Gasteiger partial charge in [0.2, 0.25) is 5.91 Å². The molecule has 2 aromatic carbocycles. The molecule has 5 heteroatoms. The molecular weight excluding hydrogens is 314 g/mol. The minimum Gasteiger partial charge on any atom is -0.493 e. The molecular formula is C18H20ClNO3. The number of benzene rings is 2. The first-order valence-electron chi connectivity index (χ1n) is 7.42. The Hall–Kier alpha value is -2.20. The Bertz CT molecular complexity index is 646. The number of hydrogen-bond acceptors (Lipinski definition) is 3. The lowest BCUT2D eigenvalue weighted by Crippen LogP contribution is -2.26. The van der Waals surface area contributed by atoms with Gasteiger partial charge in [-0.05, 0) is 18.6 Å². The van der Waals surface area contributed by atoms with E-state index in [0.717, 1.165) is 11.1 Å². The van der Waals surface area contributed by atoms with Gasteiger partial charge in [0, 0.05) is 12.1 Å². The third kappa shape index (κ3) is 4.39. The summed E-state index contributed by atoms with van der Waals surface area (Å²) in [6.07, 6.45) is 0. The Balaban J connectivity index is 2.07. The largest absolute Gasteiger partial charge is 0.493 e. The van der Waals surface area contributed by atoms with E-state index in [1.807, 2.05) is 55.5 Å². The van der Waals surface area contributed by atoms with Crippen LogP contribution in [0.5, 0.6) is 11.5 Å². The Morgan fingerprint density at radius 2 is 1.91 bits per heavy atom. The molecule has 1 unspecified atom stereocenters. The van der Waals surface area contributed by atoms with Gasteiger partial charge >= 0.3 is 0 Å². The minimum absolute atomic E-state index is 0.247. The quantitative estimate of drug-likeness (QED) is 0.786. The number of amides is 1. The van der Waals surface area contributed by atoms with E-state index in [1.165, 1.54) is 0 Å². The summed E-state index contributed by atoms with van der Waals surface area (Å²) in [4.78, 5) is 12.2. The normalized spacial score (nSPS) is 11.6. The molecule has 23 heavy (non-hydrogen) atoms. The SMILES string of the molecule is CCOc1c(CNC(=O)C(Cl)c2ccccc2)cccc1OC. The first-order chi connectivity index (χ1) is 11.2. The second kappa shape index (κ2) is 8.44. The van der Waals surface area contributed by atoms with Gasteiger partial charge in [-0.15, -0.1) is 11.6 Å². The van der Waals surface area contributed by atoms with Gasteiger partial charge in [-0.2, -0.15) is 0 Å². The highest BCUT2D eigenvalue weighted by molar-refractivity contribution is 6.30. The fraction of sp³-hybridized carbons (Fsp3) is 0.278. The molecule has 0 spiro atoms. The highest BCUT2D eigenvalue weighted by atomic mass is 35.5. The molecule has 1 atom stereocenters. The van der Waals surface area contributed by atoms with Crippen molar-refractivity contribution in [1.82, 2.24) is 5.32 Å². The fourth-order valence-electron chi connectivity index (χ4n) is 2.21. The number of nitrogens with one attached hydrogen (secondary N) is 1. The molecule has 0 bridgehead atoms. The second-order valence-electron chi connectivity index (χ2n) is 4.87. The van der Waals surface area contributed by atoms with Crippen molar-refractivity contribution in [3.05, 3.63) is 59.7 Å². The van der Waals surface area contributed by atoms with Crippen LogP contribution in [0.4, 0.5) is 0 Å². The number of rotatable bonds is 7. The van der Waals surface area contributed by atoms with Crippen LogP contribution in [0.15, 0.2) is 48.5 Å². The minimum atomic E-state index is -0.725. The van der Waals surface area contributed by atoms with Crippen LogP contribution in [0.2, 0.25) is 0 Å². The molecule has 0 saturated carbocycles. The molecule has 0 aromatic heterocycles. The van der Waals surface area contributed by atoms with Gasteiger partial charge in [0.25, 0.3) is 0 Å². The number of carbonyl (C=O) groups is 1. The predicted molar refractivity (Wildman–Crippen MR) is 91.0 cm³/mol. The molecule has 1 N–H and O–H groups in total. The van der Waals surface area contributed by atoms with Crippen LogP contribution in [-0.4, -0.2) is 19.6 Å². The number of hydrogen-bond donors (Lipinski definition) is 1. The Kier molecular flexibility index (Phi) is 6.29. The zero-order valence-electron chi connectivity index (χ0n) is 13.2. The van der Waals surface area contributed by atoms with Crippen molar-refractivity contribution < 1.29 is 14.3 Å². The van der Waals surface area contributed by atoms with E-state index in [2.05, 4.69) is 5.32 Å². The van der Waals surface area contributed by atoms with E-state index >= 15 is 0 Å². The Morgan fingerprint density at radius 3 is 2.57 bits per heavy atom. The summed E-state index contributed by atoms with van der Waals surface area (Å²) in [5.41, 5.74) is 1.61. The smallest absolute Gasteiger partial charge is 0.242 e. The summed E-state index contributed by atoms with van der Waals surface area (Å²) >= 11 is 6.21. The van der Waals surface area contributed by atoms with E-state index in [1.54, 1.807) is 7.11 Å². The maximum Gasteiger partial charge on any atom is 0.242 e. The zero-order valence-corrected chi connectivity index (χ0v) is 14.0. The van der Waals surface area contributed by atoms with Gasteiger partial charge in [-0.3, -0.25) is 4.79 Å². The number of methoxy groups -OCH3 is 1. The van der Waals surface area contributed by atoms with Gasteiger partial charge in [0.05, 0.1) is 13.7 Å². The van der Waals surface area contributed by atoms with E-state index in [0.29, 0.717) is 24.7 Å². The standard InChI is InChI=1S/C18H20ClNO3/c1-3-23-17-14(10-7-11-15(17)22-2)12-20-18(21)16(19)13-8-5-4-6-9-13/h4-11,16H,3,12H2,1-2H3,(H,20,21). The van der Waals surface area contributed by atoms with Crippen LogP contribution in [0.3, 0.4) is 0 Å². The van der Waals surface area contributed by atoms with Crippen molar-refractivity contribution in [1.29, 1.82) is 0 Å². The third-order valence-corrected chi connectivity index (χ3v) is 3.79. The summed E-state index contributed by atoms with van der Waals surface area (Å²) < 4.78 is 10.9. The molecule has 0 heterocycles. The van der Waals surface area contributed by atoms with Crippen LogP contribution >= 0.6 is 11.6 Å². The molecule has 2 aromatic rings. The van der Waals surface area contributed by atoms with E-state index in [-0.39, 0.29) is 5.91 Å². The average molecular weight is 334 g/mol. The molecule has 0 aliphatic heterocycles. The monoisotopic (exact) mass is 333 g/mol. The molecule has 122 valence electrons. The topological polar surface area (TPSA) is 47.6 Å². The van der Waals surface area contributed by atoms with Gasteiger partial charge in [0.15, 0.2) is 11.5 Å². The van der Waals surface area contributed by atoms with Crippen LogP contribution < -0.4 is 14.8 Å². The highest BCUT2D eigenvalue weighted by Gasteiger charge is 2.18. The maximum atomic E-state index is 12.2. The van der Waals surface area contributed by atoms with Crippen LogP contribution in [-0.2, 0) is 11.3 Å². The molecule has 0 radical (unpaired) electrons. The lowest BCUT2D eigenvalue weighted by molar-refractivity contribution is -0.121. The van der Waals surface area contributed by atoms with Gasteiger partial charge in [-0.25, -0.2) is 0 Å². The van der Waals surface area contributed by atoms with E-state index in [9.17, 15) is 4.79 Å². The number of halogens is 1. The van der Waals surface area contributed by atoms with Crippen molar-refractivity contribution in [2.75, 3.05) is 13.7 Å². The molecule has 4 nitrogen and oxygen atoms in total. The molecule has 1 amide bonds. The second-order valence-corrected chi connectivity index (χ2v) is 5.31. The Labute approximate surface area is 141 Å². The number of alkyl halides is 1. The summed E-state index contributed by atoms with van der Waals surface area (Å²) in [5, 5.41) is 2.12. The van der Waals surface area contributed by atoms with Crippen molar-refractivity contribution >= 4 is 17.5 Å². The van der Waals surface area contributed by atoms with Gasteiger partial charge in [0.1, 0.15) is 5.38 Å². The zero-order chi connectivity index (χ0) is 16.7. The molecule has 2 rings (SSSR count). The summed E-state index contributed by atoms with van der Waals surface area (Å²) in [7, 11) is 1.59. The molecule has 0 fully saturated rings. The summed E-state index contributed by atoms with van der Waals surface area (Å²) in [6, 6.07) is 14.8. The fourth-order valence-corrected chi connectivity index (χ4v) is 2.44. The number of ether oxygens (including phenoxy) is 2. The van der Waals surface area contributed by atoms with Crippen LogP contribution in [0.25, 0.3) is 0 Å². The van der Waals surface area contributed by atoms with Gasteiger partial charge < -0.3 is 14.8 Å². The summed E-state index contributed by atoms with van der Waals surface area (Å²) in [5.74, 6) is 1.04. The van der Waals surface area contributed by atoms with Crippen molar-refractivity contribution in [3.63, 3.8) is 0 Å². The first-order valence-corrected chi connectivity index (χ1v) is 7.86. The lowest BCUT2D eigenvalue weighted by Gasteiger charge is -2.15. The van der Waals surface area contributed by atoms with Crippen LogP contribution in [0.1, 0.15) is 23.4 Å². The van der Waals surface area contributed by atoms with E-state index in [4.69, 9.17) is 21.1 Å². The lowest BCUT2D eigenvalue weighted by atomic mass is 10.1. The molecule has 0 aliphatic rings. The van der Waals surface area contributed by atoms with E-state index < -0.39 is 5.38 Å². The summed E-state index contributed by atoms with van der Waals surface area (Å²) in [6.45, 7) is 2.74. The highest BCUT2D eigenvalue weighted by Crippen LogP contribution is 2.31. The molecule has 0 aliphatic carbocycles. The first kappa shape index (κ1) is 17.2. The Morgan fingerprint density at radius 1 is 1.17 bits per heavy atom. The van der Waals surface area contributed by atoms with Crippen LogP contribution in [0, 0.1) is 0 Å². The number of para-hydroxylation sites is 1. The average Bonchev–Trinajstić information content (AvgIpc) is 2.60. The number of carbonyl (C=O) groups excluding carboxylic acids is 1.